The van der Waals surface area contributed by atoms with Crippen molar-refractivity contribution in [1.29, 1.82) is 0 Å². The van der Waals surface area contributed by atoms with Crippen LogP contribution in [0.15, 0.2) is 36.4 Å². The molecule has 2 aromatic rings. The van der Waals surface area contributed by atoms with Crippen LogP contribution >= 0.6 is 34.8 Å². The summed E-state index contributed by atoms with van der Waals surface area (Å²) in [5.41, 5.74) is 1.40. The van der Waals surface area contributed by atoms with Gasteiger partial charge in [-0.2, -0.15) is 0 Å². The van der Waals surface area contributed by atoms with Gasteiger partial charge in [0.15, 0.2) is 5.75 Å². The van der Waals surface area contributed by atoms with Crippen molar-refractivity contribution in [3.63, 3.8) is 0 Å². The Morgan fingerprint density at radius 3 is 2.08 bits per heavy atom. The Hall–Kier alpha value is -1.71. The summed E-state index contributed by atoms with van der Waals surface area (Å²) in [6, 6.07) is 11.1. The topological polar surface area (TPSA) is 93.1 Å². The zero-order valence-electron chi connectivity index (χ0n) is 20.9. The second-order valence-electron chi connectivity index (χ2n) is 9.27. The molecule has 0 aromatic heterocycles. The lowest BCUT2D eigenvalue weighted by Gasteiger charge is -2.27. The van der Waals surface area contributed by atoms with Crippen LogP contribution in [-0.2, 0) is 20.2 Å². The van der Waals surface area contributed by atoms with Crippen LogP contribution in [0.3, 0.4) is 0 Å². The summed E-state index contributed by atoms with van der Waals surface area (Å²) in [7, 11) is -3.62. The predicted octanol–water partition coefficient (Wildman–Crippen LogP) is 5.12. The molecule has 200 valence electrons. The van der Waals surface area contributed by atoms with Gasteiger partial charge >= 0.3 is 0 Å². The second kappa shape index (κ2) is 12.7. The molecule has 2 rings (SSSR count). The molecule has 0 spiro atoms. The molecule has 0 bridgehead atoms. The van der Waals surface area contributed by atoms with Crippen molar-refractivity contribution in [2.45, 2.75) is 39.2 Å². The number of nitrogens with zero attached hydrogens (tertiary/aromatic N) is 1. The maximum Gasteiger partial charge on any atom is 0.234 e. The first-order valence-corrected chi connectivity index (χ1v) is 14.4. The molecule has 1 N–H and O–H groups in total. The number of aliphatic hydroxyl groups excluding tert-OH is 1. The summed E-state index contributed by atoms with van der Waals surface area (Å²) in [5.74, 6) is 0.224. The van der Waals surface area contributed by atoms with Crippen molar-refractivity contribution in [3.8, 4) is 11.5 Å². The van der Waals surface area contributed by atoms with E-state index in [-0.39, 0.29) is 31.6 Å². The minimum Gasteiger partial charge on any atom is -0.493 e. The van der Waals surface area contributed by atoms with Gasteiger partial charge < -0.3 is 14.6 Å². The van der Waals surface area contributed by atoms with Gasteiger partial charge in [-0.1, -0.05) is 56.1 Å². The van der Waals surface area contributed by atoms with E-state index in [0.717, 1.165) is 21.7 Å². The summed E-state index contributed by atoms with van der Waals surface area (Å²) in [6.07, 6.45) is 0.182. The Kier molecular flexibility index (Phi) is 10.8. The highest BCUT2D eigenvalue weighted by atomic mass is 35.5. The lowest BCUT2D eigenvalue weighted by Crippen LogP contribution is -2.38. The molecule has 0 saturated heterocycles. The number of carbonyl (C=O) groups is 1. The van der Waals surface area contributed by atoms with Crippen LogP contribution < -0.4 is 9.47 Å². The molecule has 0 saturated carbocycles. The van der Waals surface area contributed by atoms with E-state index in [1.807, 2.05) is 45.0 Å². The van der Waals surface area contributed by atoms with Crippen LogP contribution in [0.5, 0.6) is 11.5 Å². The van der Waals surface area contributed by atoms with Gasteiger partial charge in [0.05, 0.1) is 28.8 Å². The van der Waals surface area contributed by atoms with Crippen molar-refractivity contribution in [2.75, 3.05) is 31.9 Å². The normalized spacial score (nSPS) is 13.7. The molecule has 2 atom stereocenters. The number of ether oxygens (including phenoxy) is 2. The molecule has 0 unspecified atom stereocenters. The standard InChI is InChI=1S/C25H32Cl3NO6S/c1-16(13-29(17(2)30)36(5,32)33)14-34-21-8-6-18(7-9-21)25(3,4)19-10-22(27)24(23(28)11-19)35-15-20(31)12-26/h6-11,16,20,31H,12-15H2,1-5H3/t16-,20-/m1/s1. The molecular formula is C25H32Cl3NO6S. The first kappa shape index (κ1) is 30.5. The fraction of sp³-hybridized carbons (Fsp3) is 0.480. The Morgan fingerprint density at radius 1 is 1.06 bits per heavy atom. The van der Waals surface area contributed by atoms with Gasteiger partial charge in [-0.3, -0.25) is 4.79 Å². The highest BCUT2D eigenvalue weighted by Crippen LogP contribution is 2.40. The Balaban J connectivity index is 2.10. The van der Waals surface area contributed by atoms with Gasteiger partial charge in [0.1, 0.15) is 18.5 Å². The van der Waals surface area contributed by atoms with Gasteiger partial charge in [-0.05, 0) is 35.4 Å². The zero-order chi connectivity index (χ0) is 27.3. The van der Waals surface area contributed by atoms with Crippen LogP contribution in [0.25, 0.3) is 0 Å². The molecular weight excluding hydrogens is 549 g/mol. The number of carbonyl (C=O) groups excluding carboxylic acids is 1. The predicted molar refractivity (Wildman–Crippen MR) is 144 cm³/mol. The molecule has 0 aliphatic carbocycles. The average molecular weight is 581 g/mol. The van der Waals surface area contributed by atoms with E-state index >= 15 is 0 Å². The van der Waals surface area contributed by atoms with Gasteiger partial charge in [-0.15, -0.1) is 11.6 Å². The third kappa shape index (κ3) is 8.15. The summed E-state index contributed by atoms with van der Waals surface area (Å²) in [4.78, 5) is 11.6. The molecule has 0 fully saturated rings. The number of hydrogen-bond acceptors (Lipinski definition) is 6. The number of benzene rings is 2. The minimum absolute atomic E-state index is 0.0210. The van der Waals surface area contributed by atoms with Crippen LogP contribution in [0.4, 0.5) is 0 Å². The van der Waals surface area contributed by atoms with E-state index in [4.69, 9.17) is 44.3 Å². The first-order valence-electron chi connectivity index (χ1n) is 11.2. The SMILES string of the molecule is CC(=O)N(C[C@@H](C)COc1ccc(C(C)(C)c2cc(Cl)c(OC[C@H](O)CCl)c(Cl)c2)cc1)S(C)(=O)=O. The molecule has 11 heteroatoms. The Bertz CT molecular complexity index is 1130. The maximum atomic E-state index is 11.8. The number of sulfonamides is 1. The van der Waals surface area contributed by atoms with Crippen molar-refractivity contribution in [3.05, 3.63) is 57.6 Å². The average Bonchev–Trinajstić information content (AvgIpc) is 2.79. The van der Waals surface area contributed by atoms with Crippen molar-refractivity contribution >= 4 is 50.7 Å². The molecule has 0 aliphatic heterocycles. The van der Waals surface area contributed by atoms with Crippen LogP contribution in [-0.4, -0.2) is 61.7 Å². The Labute approximate surface area is 228 Å². The minimum atomic E-state index is -3.62. The quantitative estimate of drug-likeness (QED) is 0.350. The number of hydrogen-bond donors (Lipinski definition) is 1. The lowest BCUT2D eigenvalue weighted by atomic mass is 9.78. The summed E-state index contributed by atoms with van der Waals surface area (Å²) >= 11 is 18.5. The molecule has 7 nitrogen and oxygen atoms in total. The number of halogens is 3. The van der Waals surface area contributed by atoms with E-state index in [1.165, 1.54) is 6.92 Å². The van der Waals surface area contributed by atoms with Gasteiger partial charge in [-0.25, -0.2) is 12.7 Å². The van der Waals surface area contributed by atoms with E-state index < -0.39 is 27.4 Å². The van der Waals surface area contributed by atoms with E-state index in [9.17, 15) is 18.3 Å². The van der Waals surface area contributed by atoms with Gasteiger partial charge in [0, 0.05) is 24.8 Å². The fourth-order valence-corrected chi connectivity index (χ4v) is 5.17. The summed E-state index contributed by atoms with van der Waals surface area (Å²) < 4.78 is 35.8. The third-order valence-electron chi connectivity index (χ3n) is 5.66. The van der Waals surface area contributed by atoms with Crippen LogP contribution in [0.2, 0.25) is 10.0 Å². The van der Waals surface area contributed by atoms with E-state index in [1.54, 1.807) is 12.1 Å². The summed E-state index contributed by atoms with van der Waals surface area (Å²) in [6.45, 7) is 7.38. The zero-order valence-corrected chi connectivity index (χ0v) is 24.0. The molecule has 0 radical (unpaired) electrons. The summed E-state index contributed by atoms with van der Waals surface area (Å²) in [5, 5.41) is 10.3. The van der Waals surface area contributed by atoms with Crippen LogP contribution in [0, 0.1) is 5.92 Å². The number of alkyl halides is 1. The number of aliphatic hydroxyl groups is 1. The molecule has 0 aliphatic rings. The smallest absolute Gasteiger partial charge is 0.234 e. The highest BCUT2D eigenvalue weighted by Gasteiger charge is 2.26. The van der Waals surface area contributed by atoms with E-state index in [2.05, 4.69) is 0 Å². The number of rotatable bonds is 12. The molecule has 2 aromatic carbocycles. The second-order valence-corrected chi connectivity index (χ2v) is 12.3. The lowest BCUT2D eigenvalue weighted by molar-refractivity contribution is -0.124. The molecule has 0 heterocycles. The van der Waals surface area contributed by atoms with Crippen molar-refractivity contribution in [2.24, 2.45) is 5.92 Å². The highest BCUT2D eigenvalue weighted by molar-refractivity contribution is 7.88. The number of amides is 1. The fourth-order valence-electron chi connectivity index (χ4n) is 3.49. The van der Waals surface area contributed by atoms with Gasteiger partial charge in [0.2, 0.25) is 15.9 Å². The van der Waals surface area contributed by atoms with Crippen LogP contribution in [0.1, 0.15) is 38.8 Å². The third-order valence-corrected chi connectivity index (χ3v) is 7.78. The molecule has 36 heavy (non-hydrogen) atoms. The maximum absolute atomic E-state index is 11.8. The van der Waals surface area contributed by atoms with Gasteiger partial charge in [0.25, 0.3) is 0 Å². The molecule has 1 amide bonds. The monoisotopic (exact) mass is 579 g/mol. The first-order chi connectivity index (χ1) is 16.7. The van der Waals surface area contributed by atoms with E-state index in [0.29, 0.717) is 21.5 Å². The van der Waals surface area contributed by atoms with Crippen molar-refractivity contribution < 1.29 is 27.8 Å². The Morgan fingerprint density at radius 2 is 1.61 bits per heavy atom. The largest absolute Gasteiger partial charge is 0.493 e. The van der Waals surface area contributed by atoms with Crippen molar-refractivity contribution in [1.82, 2.24) is 4.31 Å².